The smallest absolute Gasteiger partial charge is 0.255 e. The van der Waals surface area contributed by atoms with Gasteiger partial charge in [-0.3, -0.25) is 9.59 Å². The van der Waals surface area contributed by atoms with Crippen LogP contribution in [0.4, 0.5) is 5.69 Å². The van der Waals surface area contributed by atoms with Gasteiger partial charge in [-0.2, -0.15) is 0 Å². The molecule has 2 N–H and O–H groups in total. The molecule has 25 heavy (non-hydrogen) atoms. The van der Waals surface area contributed by atoms with Crippen LogP contribution in [0.25, 0.3) is 0 Å². The summed E-state index contributed by atoms with van der Waals surface area (Å²) in [5.41, 5.74) is 1.18. The molecule has 0 unspecified atom stereocenters. The van der Waals surface area contributed by atoms with E-state index < -0.39 is 0 Å². The number of rotatable bonds is 4. The van der Waals surface area contributed by atoms with Gasteiger partial charge in [-0.25, -0.2) is 0 Å². The summed E-state index contributed by atoms with van der Waals surface area (Å²) in [7, 11) is 1.52. The number of nitrogens with one attached hydrogen (secondary N) is 2. The van der Waals surface area contributed by atoms with Crippen molar-refractivity contribution < 1.29 is 14.3 Å². The summed E-state index contributed by atoms with van der Waals surface area (Å²) in [6, 6.07) is 11.5. The van der Waals surface area contributed by atoms with Gasteiger partial charge in [-0.15, -0.1) is 0 Å². The molecule has 0 radical (unpaired) electrons. The highest BCUT2D eigenvalue weighted by atomic mass is 35.5. The van der Waals surface area contributed by atoms with Crippen molar-refractivity contribution in [3.8, 4) is 5.75 Å². The van der Waals surface area contributed by atoms with Gasteiger partial charge in [-0.1, -0.05) is 11.6 Å². The van der Waals surface area contributed by atoms with E-state index in [1.165, 1.54) is 7.11 Å². The van der Waals surface area contributed by atoms with Crippen LogP contribution in [0.5, 0.6) is 5.75 Å². The quantitative estimate of drug-likeness (QED) is 0.861. The number of carbonyl (C=O) groups excluding carboxylic acids is 2. The fraction of sp³-hybridized carbons (Fsp3) is 0.263. The Hall–Kier alpha value is -2.53. The average Bonchev–Trinajstić information content (AvgIpc) is 2.53. The average molecular weight is 361 g/mol. The Bertz CT molecular complexity index is 780. The first kappa shape index (κ1) is 18.8. The van der Waals surface area contributed by atoms with Gasteiger partial charge in [0.2, 0.25) is 0 Å². The SMILES string of the molecule is COc1ccc(NC(=O)c2ccc(C(=O)NC(C)(C)C)cc2)cc1Cl. The summed E-state index contributed by atoms with van der Waals surface area (Å²) in [5.74, 6) is 0.0688. The largest absolute Gasteiger partial charge is 0.495 e. The number of amides is 2. The first-order valence-electron chi connectivity index (χ1n) is 7.77. The first-order chi connectivity index (χ1) is 11.7. The third-order valence-electron chi connectivity index (χ3n) is 3.31. The van der Waals surface area contributed by atoms with Crippen molar-refractivity contribution in [1.82, 2.24) is 5.32 Å². The van der Waals surface area contributed by atoms with Gasteiger partial charge in [0.05, 0.1) is 12.1 Å². The Labute approximate surface area is 152 Å². The first-order valence-corrected chi connectivity index (χ1v) is 8.15. The van der Waals surface area contributed by atoms with Crippen molar-refractivity contribution in [3.63, 3.8) is 0 Å². The Kier molecular flexibility index (Phi) is 5.69. The van der Waals surface area contributed by atoms with Gasteiger partial charge in [0.15, 0.2) is 0 Å². The molecule has 0 aliphatic carbocycles. The van der Waals surface area contributed by atoms with Crippen molar-refractivity contribution in [2.75, 3.05) is 12.4 Å². The highest BCUT2D eigenvalue weighted by Gasteiger charge is 2.16. The number of hydrogen-bond acceptors (Lipinski definition) is 3. The molecule has 0 heterocycles. The third-order valence-corrected chi connectivity index (χ3v) is 3.60. The van der Waals surface area contributed by atoms with E-state index in [0.29, 0.717) is 27.6 Å². The van der Waals surface area contributed by atoms with Gasteiger partial charge in [0.25, 0.3) is 11.8 Å². The molecule has 0 atom stereocenters. The lowest BCUT2D eigenvalue weighted by Crippen LogP contribution is -2.40. The molecule has 0 fully saturated rings. The fourth-order valence-corrected chi connectivity index (χ4v) is 2.39. The van der Waals surface area contributed by atoms with Crippen LogP contribution in [0.3, 0.4) is 0 Å². The Morgan fingerprint density at radius 1 is 0.960 bits per heavy atom. The van der Waals surface area contributed by atoms with E-state index in [4.69, 9.17) is 16.3 Å². The predicted octanol–water partition coefficient (Wildman–Crippen LogP) is 4.13. The maximum atomic E-state index is 12.3. The number of halogens is 1. The van der Waals surface area contributed by atoms with Crippen LogP contribution >= 0.6 is 11.6 Å². The zero-order valence-corrected chi connectivity index (χ0v) is 15.4. The molecule has 6 heteroatoms. The zero-order chi connectivity index (χ0) is 18.6. The summed E-state index contributed by atoms with van der Waals surface area (Å²) in [6.45, 7) is 5.73. The molecule has 2 aromatic rings. The number of benzene rings is 2. The molecule has 0 spiro atoms. The maximum absolute atomic E-state index is 12.3. The molecule has 2 amide bonds. The predicted molar refractivity (Wildman–Crippen MR) is 99.6 cm³/mol. The van der Waals surface area contributed by atoms with Crippen LogP contribution in [0.15, 0.2) is 42.5 Å². The molecule has 0 aliphatic heterocycles. The minimum atomic E-state index is -0.319. The summed E-state index contributed by atoms with van der Waals surface area (Å²) in [6.07, 6.45) is 0. The Morgan fingerprint density at radius 2 is 1.52 bits per heavy atom. The monoisotopic (exact) mass is 360 g/mol. The lowest BCUT2D eigenvalue weighted by atomic mass is 10.1. The molecule has 0 bridgehead atoms. The standard InChI is InChI=1S/C19H21ClN2O3/c1-19(2,3)22-18(24)13-7-5-12(6-8-13)17(23)21-14-9-10-16(25-4)15(20)11-14/h5-11H,1-4H3,(H,21,23)(H,22,24). The van der Waals surface area contributed by atoms with Crippen molar-refractivity contribution in [3.05, 3.63) is 58.6 Å². The summed E-state index contributed by atoms with van der Waals surface area (Å²) in [5, 5.41) is 6.04. The molecule has 0 saturated heterocycles. The lowest BCUT2D eigenvalue weighted by molar-refractivity contribution is 0.0918. The van der Waals surface area contributed by atoms with Crippen LogP contribution in [0, 0.1) is 0 Å². The van der Waals surface area contributed by atoms with E-state index in [0.717, 1.165) is 0 Å². The van der Waals surface area contributed by atoms with Crippen molar-refractivity contribution >= 4 is 29.1 Å². The number of carbonyl (C=O) groups is 2. The number of anilines is 1. The van der Waals surface area contributed by atoms with Crippen molar-refractivity contribution in [2.24, 2.45) is 0 Å². The minimum Gasteiger partial charge on any atom is -0.495 e. The normalized spacial score (nSPS) is 10.9. The van der Waals surface area contributed by atoms with Crippen LogP contribution in [-0.2, 0) is 0 Å². The van der Waals surface area contributed by atoms with Crippen LogP contribution < -0.4 is 15.4 Å². The maximum Gasteiger partial charge on any atom is 0.255 e. The molecule has 0 saturated carbocycles. The lowest BCUT2D eigenvalue weighted by Gasteiger charge is -2.20. The van der Waals surface area contributed by atoms with Gasteiger partial charge in [-0.05, 0) is 63.2 Å². The van der Waals surface area contributed by atoms with Crippen molar-refractivity contribution in [1.29, 1.82) is 0 Å². The van der Waals surface area contributed by atoms with Gasteiger partial charge < -0.3 is 15.4 Å². The van der Waals surface area contributed by atoms with Crippen LogP contribution in [-0.4, -0.2) is 24.5 Å². The van der Waals surface area contributed by atoms with E-state index in [9.17, 15) is 9.59 Å². The van der Waals surface area contributed by atoms with E-state index >= 15 is 0 Å². The van der Waals surface area contributed by atoms with Crippen molar-refractivity contribution in [2.45, 2.75) is 26.3 Å². The van der Waals surface area contributed by atoms with E-state index in [1.54, 1.807) is 42.5 Å². The minimum absolute atomic E-state index is 0.179. The number of ether oxygens (including phenoxy) is 1. The van der Waals surface area contributed by atoms with Gasteiger partial charge in [0, 0.05) is 22.4 Å². The second-order valence-electron chi connectivity index (χ2n) is 6.58. The van der Waals surface area contributed by atoms with Gasteiger partial charge >= 0.3 is 0 Å². The third kappa shape index (κ3) is 5.22. The van der Waals surface area contributed by atoms with E-state index in [-0.39, 0.29) is 17.4 Å². The van der Waals surface area contributed by atoms with E-state index in [1.807, 2.05) is 20.8 Å². The van der Waals surface area contributed by atoms with E-state index in [2.05, 4.69) is 10.6 Å². The molecule has 5 nitrogen and oxygen atoms in total. The molecule has 0 aliphatic rings. The summed E-state index contributed by atoms with van der Waals surface area (Å²) < 4.78 is 5.08. The molecule has 0 aromatic heterocycles. The Morgan fingerprint density at radius 3 is 2.00 bits per heavy atom. The zero-order valence-electron chi connectivity index (χ0n) is 14.6. The second-order valence-corrected chi connectivity index (χ2v) is 6.99. The highest BCUT2D eigenvalue weighted by molar-refractivity contribution is 6.32. The molecular weight excluding hydrogens is 340 g/mol. The van der Waals surface area contributed by atoms with Gasteiger partial charge in [0.1, 0.15) is 5.75 Å². The summed E-state index contributed by atoms with van der Waals surface area (Å²) >= 11 is 6.05. The molecule has 2 aromatic carbocycles. The Balaban J connectivity index is 2.08. The highest BCUT2D eigenvalue weighted by Crippen LogP contribution is 2.27. The number of methoxy groups -OCH3 is 1. The number of hydrogen-bond donors (Lipinski definition) is 2. The molecule has 2 rings (SSSR count). The molecule has 132 valence electrons. The second kappa shape index (κ2) is 7.57. The fourth-order valence-electron chi connectivity index (χ4n) is 2.13. The topological polar surface area (TPSA) is 67.4 Å². The summed E-state index contributed by atoms with van der Waals surface area (Å²) in [4.78, 5) is 24.4. The molecular formula is C19H21ClN2O3. The van der Waals surface area contributed by atoms with Crippen LogP contribution in [0.1, 0.15) is 41.5 Å². The van der Waals surface area contributed by atoms with Crippen LogP contribution in [0.2, 0.25) is 5.02 Å².